The molecule has 0 saturated carbocycles. The van der Waals surface area contributed by atoms with Gasteiger partial charge in [0.15, 0.2) is 5.13 Å². The topological polar surface area (TPSA) is 62.2 Å². The molecule has 0 unspecified atom stereocenters. The summed E-state index contributed by atoms with van der Waals surface area (Å²) in [5.41, 5.74) is 0.850. The zero-order chi connectivity index (χ0) is 14.2. The van der Waals surface area contributed by atoms with Gasteiger partial charge in [0.25, 0.3) is 0 Å². The van der Waals surface area contributed by atoms with Gasteiger partial charge >= 0.3 is 5.97 Å². The Labute approximate surface area is 125 Å². The van der Waals surface area contributed by atoms with Crippen LogP contribution in [-0.4, -0.2) is 16.1 Å². The molecular formula is C11H7BrClFN2O2S. The van der Waals surface area contributed by atoms with Gasteiger partial charge in [0, 0.05) is 4.47 Å². The molecule has 0 radical (unpaired) electrons. The fourth-order valence-electron chi connectivity index (χ4n) is 1.42. The number of hydrogen-bond donors (Lipinski definition) is 2. The van der Waals surface area contributed by atoms with Gasteiger partial charge in [0.05, 0.1) is 16.4 Å². The largest absolute Gasteiger partial charge is 0.477 e. The lowest BCUT2D eigenvalue weighted by Crippen LogP contribution is -1.94. The number of aryl methyl sites for hydroxylation is 1. The van der Waals surface area contributed by atoms with Crippen molar-refractivity contribution in [1.29, 1.82) is 0 Å². The predicted molar refractivity (Wildman–Crippen MR) is 76.2 cm³/mol. The fraction of sp³-hybridized carbons (Fsp3) is 0.0909. The molecule has 2 rings (SSSR count). The Morgan fingerprint density at radius 2 is 2.26 bits per heavy atom. The second-order valence-electron chi connectivity index (χ2n) is 3.61. The average molecular weight is 366 g/mol. The van der Waals surface area contributed by atoms with Crippen molar-refractivity contribution in [1.82, 2.24) is 4.98 Å². The number of benzene rings is 1. The third-order valence-electron chi connectivity index (χ3n) is 2.23. The van der Waals surface area contributed by atoms with Crippen molar-refractivity contribution in [3.05, 3.63) is 38.0 Å². The molecule has 0 fully saturated rings. The Hall–Kier alpha value is -1.18. The van der Waals surface area contributed by atoms with E-state index in [0.717, 1.165) is 17.4 Å². The van der Waals surface area contributed by atoms with E-state index in [9.17, 15) is 9.18 Å². The molecule has 1 aromatic carbocycles. The number of hydrogen-bond acceptors (Lipinski definition) is 4. The van der Waals surface area contributed by atoms with Crippen LogP contribution in [0.2, 0.25) is 5.02 Å². The Morgan fingerprint density at radius 1 is 1.58 bits per heavy atom. The molecule has 2 aromatic rings. The first-order chi connectivity index (χ1) is 8.88. The van der Waals surface area contributed by atoms with Gasteiger partial charge in [0.1, 0.15) is 10.7 Å². The van der Waals surface area contributed by atoms with E-state index in [-0.39, 0.29) is 9.90 Å². The quantitative estimate of drug-likeness (QED) is 0.843. The maximum atomic E-state index is 13.1. The molecule has 0 aliphatic heterocycles. The SMILES string of the molecule is Cc1nc(Nc2c(Cl)cc(F)cc2Br)sc1C(=O)O. The van der Waals surface area contributed by atoms with Crippen LogP contribution in [0, 0.1) is 12.7 Å². The molecule has 19 heavy (non-hydrogen) atoms. The number of anilines is 2. The van der Waals surface area contributed by atoms with Gasteiger partial charge < -0.3 is 10.4 Å². The zero-order valence-electron chi connectivity index (χ0n) is 9.50. The predicted octanol–water partition coefficient (Wildman–Crippen LogP) is 4.45. The van der Waals surface area contributed by atoms with Gasteiger partial charge in [-0.3, -0.25) is 0 Å². The van der Waals surface area contributed by atoms with Crippen molar-refractivity contribution in [2.75, 3.05) is 5.32 Å². The van der Waals surface area contributed by atoms with E-state index < -0.39 is 11.8 Å². The van der Waals surface area contributed by atoms with Crippen LogP contribution in [-0.2, 0) is 0 Å². The highest BCUT2D eigenvalue weighted by Gasteiger charge is 2.16. The van der Waals surface area contributed by atoms with Crippen molar-refractivity contribution in [3.63, 3.8) is 0 Å². The van der Waals surface area contributed by atoms with Crippen LogP contribution in [0.15, 0.2) is 16.6 Å². The van der Waals surface area contributed by atoms with Gasteiger partial charge in [0.2, 0.25) is 0 Å². The van der Waals surface area contributed by atoms with E-state index in [0.29, 0.717) is 21.0 Å². The number of halogens is 3. The number of nitrogens with zero attached hydrogens (tertiary/aromatic N) is 1. The lowest BCUT2D eigenvalue weighted by atomic mass is 10.3. The minimum Gasteiger partial charge on any atom is -0.477 e. The van der Waals surface area contributed by atoms with Crippen molar-refractivity contribution in [2.24, 2.45) is 0 Å². The Bertz CT molecular complexity index is 639. The minimum absolute atomic E-state index is 0.150. The number of nitrogens with one attached hydrogen (secondary N) is 1. The first-order valence-electron chi connectivity index (χ1n) is 5.00. The lowest BCUT2D eigenvalue weighted by molar-refractivity contribution is 0.0701. The van der Waals surface area contributed by atoms with Crippen molar-refractivity contribution < 1.29 is 14.3 Å². The average Bonchev–Trinajstić information content (AvgIpc) is 2.65. The van der Waals surface area contributed by atoms with Crippen molar-refractivity contribution in [3.8, 4) is 0 Å². The van der Waals surface area contributed by atoms with E-state index in [1.807, 2.05) is 0 Å². The minimum atomic E-state index is -1.03. The molecule has 0 aliphatic rings. The summed E-state index contributed by atoms with van der Waals surface area (Å²) in [6.45, 7) is 1.60. The third kappa shape index (κ3) is 3.05. The highest BCUT2D eigenvalue weighted by atomic mass is 79.9. The zero-order valence-corrected chi connectivity index (χ0v) is 12.7. The standard InChI is InChI=1S/C11H7BrClFN2O2S/c1-4-9(10(17)18)19-11(15-4)16-8-6(12)2-5(14)3-7(8)13/h2-3H,1H3,(H,15,16)(H,17,18). The number of carboxylic acids is 1. The molecule has 4 nitrogen and oxygen atoms in total. The monoisotopic (exact) mass is 364 g/mol. The number of aromatic carboxylic acids is 1. The van der Waals surface area contributed by atoms with Crippen LogP contribution in [0.25, 0.3) is 0 Å². The van der Waals surface area contributed by atoms with E-state index >= 15 is 0 Å². The van der Waals surface area contributed by atoms with E-state index in [2.05, 4.69) is 26.2 Å². The third-order valence-corrected chi connectivity index (χ3v) is 4.21. The number of rotatable bonds is 3. The first kappa shape index (κ1) is 14.2. The molecule has 1 heterocycles. The molecule has 2 N–H and O–H groups in total. The Morgan fingerprint density at radius 3 is 2.79 bits per heavy atom. The van der Waals surface area contributed by atoms with E-state index in [1.54, 1.807) is 6.92 Å². The molecule has 0 bridgehead atoms. The Balaban J connectivity index is 2.37. The summed E-state index contributed by atoms with van der Waals surface area (Å²) in [5, 5.41) is 12.4. The van der Waals surface area contributed by atoms with E-state index in [4.69, 9.17) is 16.7 Å². The second-order valence-corrected chi connectivity index (χ2v) is 5.87. The van der Waals surface area contributed by atoms with Crippen molar-refractivity contribution in [2.45, 2.75) is 6.92 Å². The summed E-state index contributed by atoms with van der Waals surface area (Å²) < 4.78 is 13.5. The molecule has 1 aromatic heterocycles. The van der Waals surface area contributed by atoms with Crippen LogP contribution < -0.4 is 5.32 Å². The van der Waals surface area contributed by atoms with Crippen LogP contribution in [0.5, 0.6) is 0 Å². The number of thiazole rings is 1. The van der Waals surface area contributed by atoms with Crippen LogP contribution in [0.4, 0.5) is 15.2 Å². The molecule has 0 spiro atoms. The maximum Gasteiger partial charge on any atom is 0.347 e. The summed E-state index contributed by atoms with van der Waals surface area (Å²) in [4.78, 5) is 15.2. The second kappa shape index (κ2) is 5.44. The maximum absolute atomic E-state index is 13.1. The van der Waals surface area contributed by atoms with E-state index in [1.165, 1.54) is 6.07 Å². The molecular weight excluding hydrogens is 359 g/mol. The first-order valence-corrected chi connectivity index (χ1v) is 6.99. The highest BCUT2D eigenvalue weighted by molar-refractivity contribution is 9.10. The van der Waals surface area contributed by atoms with Gasteiger partial charge in [-0.05, 0) is 35.0 Å². The van der Waals surface area contributed by atoms with Crippen molar-refractivity contribution >= 4 is 55.7 Å². The smallest absolute Gasteiger partial charge is 0.347 e. The van der Waals surface area contributed by atoms with Gasteiger partial charge in [-0.1, -0.05) is 22.9 Å². The molecule has 0 amide bonds. The Kier molecular flexibility index (Phi) is 4.07. The van der Waals surface area contributed by atoms with Crippen LogP contribution in [0.3, 0.4) is 0 Å². The number of carboxylic acid groups (broad SMARTS) is 1. The van der Waals surface area contributed by atoms with Crippen LogP contribution in [0.1, 0.15) is 15.4 Å². The fourth-order valence-corrected chi connectivity index (χ4v) is 3.13. The normalized spacial score (nSPS) is 10.5. The summed E-state index contributed by atoms with van der Waals surface area (Å²) in [5.74, 6) is -1.50. The summed E-state index contributed by atoms with van der Waals surface area (Å²) in [6.07, 6.45) is 0. The van der Waals surface area contributed by atoms with Gasteiger partial charge in [-0.25, -0.2) is 14.2 Å². The summed E-state index contributed by atoms with van der Waals surface area (Å²) in [7, 11) is 0. The molecule has 0 saturated heterocycles. The highest BCUT2D eigenvalue weighted by Crippen LogP contribution is 2.35. The summed E-state index contributed by atoms with van der Waals surface area (Å²) >= 11 is 10.1. The molecule has 0 aliphatic carbocycles. The molecule has 8 heteroatoms. The lowest BCUT2D eigenvalue weighted by Gasteiger charge is -2.07. The molecule has 0 atom stereocenters. The van der Waals surface area contributed by atoms with Crippen LogP contribution >= 0.6 is 38.9 Å². The van der Waals surface area contributed by atoms with Gasteiger partial charge in [-0.15, -0.1) is 0 Å². The van der Waals surface area contributed by atoms with Gasteiger partial charge in [-0.2, -0.15) is 0 Å². The number of aromatic nitrogens is 1. The molecule has 100 valence electrons. The summed E-state index contributed by atoms with van der Waals surface area (Å²) in [6, 6.07) is 2.42. The number of carbonyl (C=O) groups is 1.